The molecule has 0 spiro atoms. The van der Waals surface area contributed by atoms with Crippen LogP contribution in [0, 0.1) is 0 Å². The Morgan fingerprint density at radius 3 is 2.81 bits per heavy atom. The number of pyridine rings is 1. The fourth-order valence-corrected chi connectivity index (χ4v) is 1.74. The summed E-state index contributed by atoms with van der Waals surface area (Å²) in [5.41, 5.74) is 3.06. The van der Waals surface area contributed by atoms with Crippen molar-refractivity contribution in [1.29, 1.82) is 0 Å². The molecule has 0 saturated carbocycles. The van der Waals surface area contributed by atoms with E-state index in [1.54, 1.807) is 13.3 Å². The molecule has 1 aromatic carbocycles. The van der Waals surface area contributed by atoms with Crippen molar-refractivity contribution in [3.8, 4) is 16.9 Å². The van der Waals surface area contributed by atoms with Gasteiger partial charge in [-0.3, -0.25) is 4.98 Å². The van der Waals surface area contributed by atoms with Crippen LogP contribution < -0.4 is 4.74 Å². The Morgan fingerprint density at radius 2 is 2.06 bits per heavy atom. The summed E-state index contributed by atoms with van der Waals surface area (Å²) < 4.78 is 5.31. The third kappa shape index (κ3) is 2.17. The Hall–Kier alpha value is -1.54. The summed E-state index contributed by atoms with van der Waals surface area (Å²) in [6.07, 6.45) is 3.58. The smallest absolute Gasteiger partial charge is 0.126 e. The average Bonchev–Trinajstić information content (AvgIpc) is 2.38. The lowest BCUT2D eigenvalue weighted by atomic mass is 10.1. The Balaban J connectivity index is 2.49. The molecule has 0 aliphatic rings. The highest BCUT2D eigenvalue weighted by atomic mass is 35.5. The van der Waals surface area contributed by atoms with Crippen molar-refractivity contribution in [2.75, 3.05) is 7.11 Å². The molecule has 0 radical (unpaired) electrons. The van der Waals surface area contributed by atoms with Gasteiger partial charge in [0.1, 0.15) is 5.75 Å². The largest absolute Gasteiger partial charge is 0.496 e. The highest BCUT2D eigenvalue weighted by Gasteiger charge is 2.05. The number of methoxy groups -OCH3 is 1. The molecule has 1 heterocycles. The van der Waals surface area contributed by atoms with Gasteiger partial charge in [0.25, 0.3) is 0 Å². The van der Waals surface area contributed by atoms with Crippen LogP contribution in [0.2, 0.25) is 0 Å². The number of alkyl halides is 1. The Morgan fingerprint density at radius 1 is 1.25 bits per heavy atom. The second-order valence-corrected chi connectivity index (χ2v) is 3.68. The zero-order chi connectivity index (χ0) is 11.4. The molecule has 0 unspecified atom stereocenters. The molecule has 3 heteroatoms. The number of halogens is 1. The molecule has 0 aliphatic carbocycles. The van der Waals surface area contributed by atoms with Crippen molar-refractivity contribution in [2.24, 2.45) is 0 Å². The predicted octanol–water partition coefficient (Wildman–Crippen LogP) is 3.50. The molecule has 16 heavy (non-hydrogen) atoms. The highest BCUT2D eigenvalue weighted by Crippen LogP contribution is 2.29. The van der Waals surface area contributed by atoms with Gasteiger partial charge in [0.05, 0.1) is 7.11 Å². The summed E-state index contributed by atoms with van der Waals surface area (Å²) in [5, 5.41) is 0. The van der Waals surface area contributed by atoms with Crippen molar-refractivity contribution < 1.29 is 4.74 Å². The second-order valence-electron chi connectivity index (χ2n) is 3.42. The molecule has 0 N–H and O–H groups in total. The van der Waals surface area contributed by atoms with E-state index in [0.29, 0.717) is 5.88 Å². The van der Waals surface area contributed by atoms with Gasteiger partial charge in [0.2, 0.25) is 0 Å². The quantitative estimate of drug-likeness (QED) is 0.757. The molecule has 0 aliphatic heterocycles. The summed E-state index contributed by atoms with van der Waals surface area (Å²) in [7, 11) is 1.66. The lowest BCUT2D eigenvalue weighted by Gasteiger charge is -2.08. The van der Waals surface area contributed by atoms with Crippen LogP contribution in [0.3, 0.4) is 0 Å². The van der Waals surface area contributed by atoms with E-state index in [4.69, 9.17) is 16.3 Å². The first kappa shape index (κ1) is 11.0. The van der Waals surface area contributed by atoms with E-state index in [9.17, 15) is 0 Å². The average molecular weight is 234 g/mol. The van der Waals surface area contributed by atoms with Gasteiger partial charge in [0.15, 0.2) is 0 Å². The number of hydrogen-bond donors (Lipinski definition) is 0. The molecule has 2 aromatic rings. The van der Waals surface area contributed by atoms with Crippen LogP contribution in [-0.4, -0.2) is 12.1 Å². The molecule has 0 fully saturated rings. The van der Waals surface area contributed by atoms with Crippen LogP contribution in [-0.2, 0) is 5.88 Å². The van der Waals surface area contributed by atoms with Crippen molar-refractivity contribution in [1.82, 2.24) is 4.98 Å². The summed E-state index contributed by atoms with van der Waals surface area (Å²) in [4.78, 5) is 4.17. The van der Waals surface area contributed by atoms with E-state index < -0.39 is 0 Å². The third-order valence-electron chi connectivity index (χ3n) is 2.37. The van der Waals surface area contributed by atoms with Gasteiger partial charge in [-0.15, -0.1) is 11.6 Å². The number of para-hydroxylation sites is 1. The number of rotatable bonds is 3. The van der Waals surface area contributed by atoms with Crippen LogP contribution in [0.5, 0.6) is 5.75 Å². The SMILES string of the molecule is COc1ccccc1-c1cncc(CCl)c1. The zero-order valence-corrected chi connectivity index (χ0v) is 9.74. The van der Waals surface area contributed by atoms with Crippen LogP contribution in [0.25, 0.3) is 11.1 Å². The van der Waals surface area contributed by atoms with Crippen molar-refractivity contribution >= 4 is 11.6 Å². The molecule has 1 aromatic heterocycles. The summed E-state index contributed by atoms with van der Waals surface area (Å²) in [5.74, 6) is 1.31. The first-order valence-electron chi connectivity index (χ1n) is 4.98. The molecule has 0 amide bonds. The van der Waals surface area contributed by atoms with Gasteiger partial charge in [0, 0.05) is 29.4 Å². The van der Waals surface area contributed by atoms with Crippen LogP contribution in [0.1, 0.15) is 5.56 Å². The molecule has 82 valence electrons. The molecular weight excluding hydrogens is 222 g/mol. The normalized spacial score (nSPS) is 10.1. The minimum absolute atomic E-state index is 0.468. The summed E-state index contributed by atoms with van der Waals surface area (Å²) >= 11 is 5.79. The second kappa shape index (κ2) is 4.99. The van der Waals surface area contributed by atoms with Crippen LogP contribution in [0.4, 0.5) is 0 Å². The lowest BCUT2D eigenvalue weighted by molar-refractivity contribution is 0.416. The molecule has 2 nitrogen and oxygen atoms in total. The molecule has 0 bridgehead atoms. The molecular formula is C13H12ClNO. The van der Waals surface area contributed by atoms with E-state index >= 15 is 0 Å². The standard InChI is InChI=1S/C13H12ClNO/c1-16-13-5-3-2-4-12(13)11-6-10(7-14)8-15-9-11/h2-6,8-9H,7H2,1H3. The minimum Gasteiger partial charge on any atom is -0.496 e. The van der Waals surface area contributed by atoms with Crippen molar-refractivity contribution in [3.63, 3.8) is 0 Å². The number of nitrogens with zero attached hydrogens (tertiary/aromatic N) is 1. The maximum absolute atomic E-state index is 5.79. The van der Waals surface area contributed by atoms with Crippen molar-refractivity contribution in [3.05, 3.63) is 48.3 Å². The topological polar surface area (TPSA) is 22.1 Å². The van der Waals surface area contributed by atoms with E-state index in [0.717, 1.165) is 22.4 Å². The molecule has 2 rings (SSSR count). The third-order valence-corrected chi connectivity index (χ3v) is 2.68. The fourth-order valence-electron chi connectivity index (χ4n) is 1.59. The van der Waals surface area contributed by atoms with Gasteiger partial charge < -0.3 is 4.74 Å². The molecule has 0 atom stereocenters. The van der Waals surface area contributed by atoms with Crippen LogP contribution >= 0.6 is 11.6 Å². The zero-order valence-electron chi connectivity index (χ0n) is 8.98. The first-order chi connectivity index (χ1) is 7.85. The van der Waals surface area contributed by atoms with Gasteiger partial charge in [-0.05, 0) is 17.7 Å². The van der Waals surface area contributed by atoms with Gasteiger partial charge in [-0.1, -0.05) is 18.2 Å². The van der Waals surface area contributed by atoms with E-state index in [-0.39, 0.29) is 0 Å². The van der Waals surface area contributed by atoms with Crippen molar-refractivity contribution in [2.45, 2.75) is 5.88 Å². The lowest BCUT2D eigenvalue weighted by Crippen LogP contribution is -1.89. The van der Waals surface area contributed by atoms with E-state index in [2.05, 4.69) is 4.98 Å². The predicted molar refractivity (Wildman–Crippen MR) is 65.8 cm³/mol. The van der Waals surface area contributed by atoms with Gasteiger partial charge in [-0.25, -0.2) is 0 Å². The number of hydrogen-bond acceptors (Lipinski definition) is 2. The maximum atomic E-state index is 5.79. The van der Waals surface area contributed by atoms with Crippen LogP contribution in [0.15, 0.2) is 42.7 Å². The first-order valence-corrected chi connectivity index (χ1v) is 5.52. The Bertz CT molecular complexity index is 485. The van der Waals surface area contributed by atoms with Gasteiger partial charge in [-0.2, -0.15) is 0 Å². The summed E-state index contributed by atoms with van der Waals surface area (Å²) in [6, 6.07) is 9.89. The maximum Gasteiger partial charge on any atom is 0.126 e. The molecule has 0 saturated heterocycles. The monoisotopic (exact) mass is 233 g/mol. The number of benzene rings is 1. The van der Waals surface area contributed by atoms with E-state index in [1.807, 2.05) is 36.5 Å². The summed E-state index contributed by atoms with van der Waals surface area (Å²) in [6.45, 7) is 0. The van der Waals surface area contributed by atoms with Gasteiger partial charge >= 0.3 is 0 Å². The minimum atomic E-state index is 0.468. The van der Waals surface area contributed by atoms with E-state index in [1.165, 1.54) is 0 Å². The highest BCUT2D eigenvalue weighted by molar-refractivity contribution is 6.17. The number of ether oxygens (including phenoxy) is 1. The number of aromatic nitrogens is 1. The fraction of sp³-hybridized carbons (Fsp3) is 0.154. The Labute approximate surface area is 99.9 Å². The Kier molecular flexibility index (Phi) is 3.42.